The van der Waals surface area contributed by atoms with Crippen molar-refractivity contribution in [2.24, 2.45) is 0 Å². The summed E-state index contributed by atoms with van der Waals surface area (Å²) in [5, 5.41) is 3.43. The molecule has 2 heterocycles. The molecule has 5 nitrogen and oxygen atoms in total. The molecule has 2 aromatic rings. The highest BCUT2D eigenvalue weighted by Gasteiger charge is 2.26. The number of hydrogen-bond donors (Lipinski definition) is 3. The number of anilines is 1. The minimum Gasteiger partial charge on any atom is -0.398 e. The molecule has 1 aromatic carbocycles. The Morgan fingerprint density at radius 3 is 2.58 bits per heavy atom. The zero-order valence-electron chi connectivity index (χ0n) is 14.2. The number of amides is 1. The first-order valence-electron chi connectivity index (χ1n) is 8.81. The lowest BCUT2D eigenvalue weighted by molar-refractivity contribution is -0.119. The first-order valence-corrected chi connectivity index (χ1v) is 9.19. The molecule has 0 spiro atoms. The van der Waals surface area contributed by atoms with Gasteiger partial charge in [-0.2, -0.15) is 0 Å². The summed E-state index contributed by atoms with van der Waals surface area (Å²) in [6.45, 7) is 0. The van der Waals surface area contributed by atoms with Gasteiger partial charge in [0.25, 0.3) is 5.56 Å². The van der Waals surface area contributed by atoms with Crippen LogP contribution in [-0.4, -0.2) is 16.9 Å². The highest BCUT2D eigenvalue weighted by atomic mass is 35.5. The first kappa shape index (κ1) is 16.9. The van der Waals surface area contributed by atoms with Gasteiger partial charge in [0.1, 0.15) is 0 Å². The van der Waals surface area contributed by atoms with E-state index in [1.54, 1.807) is 12.1 Å². The number of aromatic amines is 1. The topological polar surface area (TPSA) is 88.0 Å². The third-order valence-electron chi connectivity index (χ3n) is 4.95. The number of nitrogen functional groups attached to an aromatic ring is 1. The van der Waals surface area contributed by atoms with Crippen LogP contribution in [0.1, 0.15) is 48.4 Å². The molecule has 0 bridgehead atoms. The molecular weight excluding hydrogens is 350 g/mol. The predicted octanol–water partition coefficient (Wildman–Crippen LogP) is 3.20. The van der Waals surface area contributed by atoms with Gasteiger partial charge in [0, 0.05) is 29.3 Å². The van der Waals surface area contributed by atoms with Crippen LogP contribution in [-0.2, 0) is 4.79 Å². The van der Waals surface area contributed by atoms with Gasteiger partial charge in [-0.05, 0) is 48.9 Å². The normalized spacial score (nSPS) is 20.3. The van der Waals surface area contributed by atoms with E-state index in [9.17, 15) is 9.59 Å². The van der Waals surface area contributed by atoms with Crippen LogP contribution >= 0.6 is 11.6 Å². The molecule has 1 saturated carbocycles. The molecule has 26 heavy (non-hydrogen) atoms. The van der Waals surface area contributed by atoms with E-state index in [0.717, 1.165) is 36.0 Å². The fourth-order valence-electron chi connectivity index (χ4n) is 3.37. The van der Waals surface area contributed by atoms with E-state index < -0.39 is 0 Å². The Kier molecular flexibility index (Phi) is 4.32. The van der Waals surface area contributed by atoms with E-state index in [0.29, 0.717) is 28.7 Å². The Morgan fingerprint density at radius 2 is 1.96 bits per heavy atom. The fourth-order valence-corrected chi connectivity index (χ4v) is 3.49. The zero-order chi connectivity index (χ0) is 18.3. The van der Waals surface area contributed by atoms with Crippen LogP contribution in [0.3, 0.4) is 0 Å². The second-order valence-electron chi connectivity index (χ2n) is 6.96. The number of rotatable bonds is 4. The van der Waals surface area contributed by atoms with Crippen LogP contribution in [0.2, 0.25) is 5.02 Å². The maximum absolute atomic E-state index is 12.5. The number of H-pyrrole nitrogens is 1. The minimum absolute atomic E-state index is 0.0406. The fraction of sp³-hybridized carbons (Fsp3) is 0.300. The van der Waals surface area contributed by atoms with Gasteiger partial charge < -0.3 is 16.0 Å². The molecule has 1 saturated heterocycles. The lowest BCUT2D eigenvalue weighted by Crippen LogP contribution is -2.23. The Morgan fingerprint density at radius 1 is 1.15 bits per heavy atom. The van der Waals surface area contributed by atoms with Crippen molar-refractivity contribution in [2.45, 2.75) is 37.6 Å². The van der Waals surface area contributed by atoms with Gasteiger partial charge in [0.2, 0.25) is 5.91 Å². The van der Waals surface area contributed by atoms with Gasteiger partial charge in [0.15, 0.2) is 0 Å². The van der Waals surface area contributed by atoms with Gasteiger partial charge in [-0.1, -0.05) is 29.8 Å². The lowest BCUT2D eigenvalue weighted by Gasteiger charge is -2.13. The number of nitrogens with one attached hydrogen (secondary N) is 2. The second-order valence-corrected chi connectivity index (χ2v) is 7.37. The van der Waals surface area contributed by atoms with E-state index in [-0.39, 0.29) is 17.5 Å². The molecule has 134 valence electrons. The number of halogens is 1. The number of pyridine rings is 1. The average Bonchev–Trinajstić information content (AvgIpc) is 3.37. The third-order valence-corrected chi connectivity index (χ3v) is 5.30. The molecule has 1 aliphatic heterocycles. The van der Waals surface area contributed by atoms with Gasteiger partial charge >= 0.3 is 0 Å². The molecule has 4 rings (SSSR count). The molecule has 4 N–H and O–H groups in total. The molecule has 2 fully saturated rings. The molecule has 1 aromatic heterocycles. The van der Waals surface area contributed by atoms with E-state index in [1.165, 1.54) is 0 Å². The van der Waals surface area contributed by atoms with Crippen LogP contribution in [0, 0.1) is 0 Å². The molecule has 1 amide bonds. The van der Waals surface area contributed by atoms with Crippen LogP contribution in [0.25, 0.3) is 5.57 Å². The van der Waals surface area contributed by atoms with Crippen LogP contribution < -0.4 is 16.6 Å². The quantitative estimate of drug-likeness (QED) is 0.723. The maximum Gasteiger partial charge on any atom is 0.251 e. The molecular formula is C20H20ClN3O2. The smallest absolute Gasteiger partial charge is 0.251 e. The summed E-state index contributed by atoms with van der Waals surface area (Å²) in [5.41, 5.74) is 9.63. The highest BCUT2D eigenvalue weighted by Crippen LogP contribution is 2.38. The third kappa shape index (κ3) is 3.40. The Labute approximate surface area is 156 Å². The van der Waals surface area contributed by atoms with Crippen molar-refractivity contribution < 1.29 is 4.79 Å². The summed E-state index contributed by atoms with van der Waals surface area (Å²) in [7, 11) is 0. The summed E-state index contributed by atoms with van der Waals surface area (Å²) in [6, 6.07) is 9.17. The van der Waals surface area contributed by atoms with E-state index in [1.807, 2.05) is 24.3 Å². The summed E-state index contributed by atoms with van der Waals surface area (Å²) in [4.78, 5) is 27.0. The van der Waals surface area contributed by atoms with Crippen LogP contribution in [0.5, 0.6) is 0 Å². The maximum atomic E-state index is 12.5. The van der Waals surface area contributed by atoms with Gasteiger partial charge in [0.05, 0.1) is 10.7 Å². The number of nitrogens with two attached hydrogens (primary N) is 1. The van der Waals surface area contributed by atoms with Crippen LogP contribution in [0.4, 0.5) is 5.69 Å². The number of carbonyl (C=O) groups is 1. The summed E-state index contributed by atoms with van der Waals surface area (Å²) in [6.07, 6.45) is 5.37. The highest BCUT2D eigenvalue weighted by molar-refractivity contribution is 6.33. The molecule has 0 radical (unpaired) electrons. The SMILES string of the molecule is Nc1cc(/C(=C\[C@H]2CCC(=O)N2)c2ccc(C3CC3)c(=O)[nH]2)ccc1Cl. The molecule has 1 atom stereocenters. The Bertz CT molecular complexity index is 960. The van der Waals surface area contributed by atoms with E-state index >= 15 is 0 Å². The number of aromatic nitrogens is 1. The summed E-state index contributed by atoms with van der Waals surface area (Å²) in [5.74, 6) is 0.430. The van der Waals surface area contributed by atoms with Crippen molar-refractivity contribution in [2.75, 3.05) is 5.73 Å². The number of benzene rings is 1. The van der Waals surface area contributed by atoms with Gasteiger partial charge in [-0.25, -0.2) is 0 Å². The average molecular weight is 370 g/mol. The summed E-state index contributed by atoms with van der Waals surface area (Å²) >= 11 is 6.05. The monoisotopic (exact) mass is 369 g/mol. The second kappa shape index (κ2) is 6.65. The first-order chi connectivity index (χ1) is 12.5. The predicted molar refractivity (Wildman–Crippen MR) is 103 cm³/mol. The van der Waals surface area contributed by atoms with Crippen molar-refractivity contribution in [1.82, 2.24) is 10.3 Å². The lowest BCUT2D eigenvalue weighted by atomic mass is 9.98. The zero-order valence-corrected chi connectivity index (χ0v) is 15.0. The van der Waals surface area contributed by atoms with Crippen LogP contribution in [0.15, 0.2) is 41.2 Å². The number of carbonyl (C=O) groups excluding carboxylic acids is 1. The van der Waals surface area contributed by atoms with Crippen molar-refractivity contribution in [1.29, 1.82) is 0 Å². The van der Waals surface area contributed by atoms with Gasteiger partial charge in [-0.15, -0.1) is 0 Å². The van der Waals surface area contributed by atoms with Crippen molar-refractivity contribution in [3.05, 3.63) is 68.6 Å². The molecule has 2 aliphatic rings. The van der Waals surface area contributed by atoms with Crippen molar-refractivity contribution in [3.63, 3.8) is 0 Å². The Balaban J connectivity index is 1.78. The molecule has 0 unspecified atom stereocenters. The number of hydrogen-bond acceptors (Lipinski definition) is 3. The van der Waals surface area contributed by atoms with Crippen molar-refractivity contribution >= 4 is 28.8 Å². The standard InChI is InChI=1S/C20H20ClN3O2/c21-16-6-3-12(9-17(16)22)15(10-13-4-8-19(25)23-13)18-7-5-14(11-1-2-11)20(26)24-18/h3,5-7,9-11,13H,1-2,4,8,22H2,(H,23,25)(H,24,26)/b15-10+/t13-/m1/s1. The largest absolute Gasteiger partial charge is 0.398 e. The van der Waals surface area contributed by atoms with E-state index in [4.69, 9.17) is 17.3 Å². The van der Waals surface area contributed by atoms with Crippen molar-refractivity contribution in [3.8, 4) is 0 Å². The molecule has 1 aliphatic carbocycles. The Hall–Kier alpha value is -2.53. The summed E-state index contributed by atoms with van der Waals surface area (Å²) < 4.78 is 0. The molecule has 6 heteroatoms. The minimum atomic E-state index is -0.0685. The van der Waals surface area contributed by atoms with E-state index in [2.05, 4.69) is 10.3 Å². The van der Waals surface area contributed by atoms with Gasteiger partial charge in [-0.3, -0.25) is 9.59 Å².